The Hall–Kier alpha value is -0.610. The molecular weight excluding hydrogens is 202 g/mol. The molecule has 94 valence electrons. The van der Waals surface area contributed by atoms with Crippen LogP contribution in [-0.4, -0.2) is 61.5 Å². The first-order valence-electron chi connectivity index (χ1n) is 6.19. The van der Waals surface area contributed by atoms with E-state index >= 15 is 0 Å². The molecule has 1 N–H and O–H groups in total. The fraction of sp³-hybridized carbons (Fsp3) is 0.917. The minimum absolute atomic E-state index is 0.177. The van der Waals surface area contributed by atoms with Crippen molar-refractivity contribution >= 4 is 5.91 Å². The first-order chi connectivity index (χ1) is 7.52. The van der Waals surface area contributed by atoms with Crippen molar-refractivity contribution in [1.29, 1.82) is 0 Å². The van der Waals surface area contributed by atoms with Crippen molar-refractivity contribution in [2.24, 2.45) is 0 Å². The molecule has 1 rings (SSSR count). The Morgan fingerprint density at radius 3 is 2.75 bits per heavy atom. The SMILES string of the molecule is CC(C)N(C)C(=O)CNCC1CCCN1C. The lowest BCUT2D eigenvalue weighted by molar-refractivity contribution is -0.130. The van der Waals surface area contributed by atoms with Crippen molar-refractivity contribution in [2.45, 2.75) is 38.8 Å². The van der Waals surface area contributed by atoms with E-state index < -0.39 is 0 Å². The van der Waals surface area contributed by atoms with E-state index in [1.165, 1.54) is 19.4 Å². The van der Waals surface area contributed by atoms with E-state index in [2.05, 4.69) is 17.3 Å². The number of hydrogen-bond acceptors (Lipinski definition) is 3. The Bertz CT molecular complexity index is 230. The average Bonchev–Trinajstić information content (AvgIpc) is 2.63. The van der Waals surface area contributed by atoms with Crippen LogP contribution >= 0.6 is 0 Å². The van der Waals surface area contributed by atoms with Gasteiger partial charge in [0.25, 0.3) is 0 Å². The van der Waals surface area contributed by atoms with E-state index in [4.69, 9.17) is 0 Å². The van der Waals surface area contributed by atoms with Gasteiger partial charge >= 0.3 is 0 Å². The molecule has 16 heavy (non-hydrogen) atoms. The molecule has 0 aromatic rings. The van der Waals surface area contributed by atoms with Crippen LogP contribution in [0.25, 0.3) is 0 Å². The number of likely N-dealkylation sites (N-methyl/N-ethyl adjacent to an activating group) is 2. The van der Waals surface area contributed by atoms with Crippen LogP contribution in [0.2, 0.25) is 0 Å². The summed E-state index contributed by atoms with van der Waals surface area (Å²) in [6.07, 6.45) is 2.53. The van der Waals surface area contributed by atoms with E-state index in [0.29, 0.717) is 12.6 Å². The average molecular weight is 227 g/mol. The summed E-state index contributed by atoms with van der Waals surface area (Å²) in [6.45, 7) is 6.63. The van der Waals surface area contributed by atoms with Crippen LogP contribution in [-0.2, 0) is 4.79 Å². The highest BCUT2D eigenvalue weighted by atomic mass is 16.2. The maximum atomic E-state index is 11.7. The van der Waals surface area contributed by atoms with Gasteiger partial charge in [0.05, 0.1) is 6.54 Å². The van der Waals surface area contributed by atoms with E-state index in [9.17, 15) is 4.79 Å². The molecule has 4 nitrogen and oxygen atoms in total. The second-order valence-corrected chi connectivity index (χ2v) is 5.01. The van der Waals surface area contributed by atoms with Gasteiger partial charge < -0.3 is 15.1 Å². The van der Waals surface area contributed by atoms with Gasteiger partial charge in [-0.15, -0.1) is 0 Å². The Morgan fingerprint density at radius 1 is 1.56 bits per heavy atom. The Morgan fingerprint density at radius 2 is 2.25 bits per heavy atom. The molecule has 0 saturated carbocycles. The zero-order chi connectivity index (χ0) is 12.1. The lowest BCUT2D eigenvalue weighted by Crippen LogP contribution is -2.43. The van der Waals surface area contributed by atoms with Crippen LogP contribution in [0.15, 0.2) is 0 Å². The zero-order valence-corrected chi connectivity index (χ0v) is 11.0. The minimum atomic E-state index is 0.177. The van der Waals surface area contributed by atoms with E-state index in [1.54, 1.807) is 4.90 Å². The maximum absolute atomic E-state index is 11.7. The smallest absolute Gasteiger partial charge is 0.236 e. The fourth-order valence-corrected chi connectivity index (χ4v) is 2.00. The molecule has 1 fully saturated rings. The molecule has 1 unspecified atom stereocenters. The molecular formula is C12H25N3O. The summed E-state index contributed by atoms with van der Waals surface area (Å²) in [7, 11) is 4.01. The van der Waals surface area contributed by atoms with Gasteiger partial charge in [-0.25, -0.2) is 0 Å². The fourth-order valence-electron chi connectivity index (χ4n) is 2.00. The highest BCUT2D eigenvalue weighted by Crippen LogP contribution is 2.13. The molecule has 0 bridgehead atoms. The van der Waals surface area contributed by atoms with Crippen molar-refractivity contribution in [3.05, 3.63) is 0 Å². The lowest BCUT2D eigenvalue weighted by Gasteiger charge is -2.23. The van der Waals surface area contributed by atoms with Crippen molar-refractivity contribution < 1.29 is 4.79 Å². The highest BCUT2D eigenvalue weighted by Gasteiger charge is 2.20. The van der Waals surface area contributed by atoms with Crippen LogP contribution in [0.5, 0.6) is 0 Å². The summed E-state index contributed by atoms with van der Waals surface area (Å²) in [5.41, 5.74) is 0. The number of nitrogens with zero attached hydrogens (tertiary/aromatic N) is 2. The van der Waals surface area contributed by atoms with Crippen molar-refractivity contribution in [1.82, 2.24) is 15.1 Å². The van der Waals surface area contributed by atoms with Gasteiger partial charge in [0, 0.05) is 25.7 Å². The molecule has 0 aromatic heterocycles. The van der Waals surface area contributed by atoms with Gasteiger partial charge in [-0.2, -0.15) is 0 Å². The summed E-state index contributed by atoms with van der Waals surface area (Å²) in [5, 5.41) is 3.26. The number of likely N-dealkylation sites (tertiary alicyclic amines) is 1. The predicted molar refractivity (Wildman–Crippen MR) is 66.4 cm³/mol. The third kappa shape index (κ3) is 3.76. The first-order valence-corrected chi connectivity index (χ1v) is 6.19. The molecule has 1 atom stereocenters. The predicted octanol–water partition coefficient (Wildman–Crippen LogP) is 0.537. The van der Waals surface area contributed by atoms with Gasteiger partial charge in [-0.3, -0.25) is 4.79 Å². The Labute approximate surface area is 99.0 Å². The molecule has 1 aliphatic rings. The third-order valence-electron chi connectivity index (χ3n) is 3.50. The second kappa shape index (κ2) is 6.21. The molecule has 1 heterocycles. The molecule has 0 aliphatic carbocycles. The van der Waals surface area contributed by atoms with E-state index in [0.717, 1.165) is 6.54 Å². The van der Waals surface area contributed by atoms with Crippen LogP contribution in [0, 0.1) is 0 Å². The number of amides is 1. The van der Waals surface area contributed by atoms with Gasteiger partial charge in [-0.1, -0.05) is 0 Å². The molecule has 0 aromatic carbocycles. The summed E-state index contributed by atoms with van der Waals surface area (Å²) >= 11 is 0. The number of nitrogens with one attached hydrogen (secondary N) is 1. The van der Waals surface area contributed by atoms with Gasteiger partial charge in [0.2, 0.25) is 5.91 Å². The molecule has 1 saturated heterocycles. The lowest BCUT2D eigenvalue weighted by atomic mass is 10.2. The molecule has 0 radical (unpaired) electrons. The normalized spacial score (nSPS) is 21.7. The maximum Gasteiger partial charge on any atom is 0.236 e. The summed E-state index contributed by atoms with van der Waals surface area (Å²) in [6, 6.07) is 0.889. The third-order valence-corrected chi connectivity index (χ3v) is 3.50. The molecule has 1 amide bonds. The van der Waals surface area contributed by atoms with Crippen LogP contribution in [0.3, 0.4) is 0 Å². The monoisotopic (exact) mass is 227 g/mol. The largest absolute Gasteiger partial charge is 0.342 e. The Balaban J connectivity index is 2.17. The first kappa shape index (κ1) is 13.5. The van der Waals surface area contributed by atoms with Crippen molar-refractivity contribution in [3.8, 4) is 0 Å². The van der Waals surface area contributed by atoms with Gasteiger partial charge in [0.15, 0.2) is 0 Å². The van der Waals surface area contributed by atoms with Crippen molar-refractivity contribution in [2.75, 3.05) is 33.7 Å². The summed E-state index contributed by atoms with van der Waals surface area (Å²) < 4.78 is 0. The van der Waals surface area contributed by atoms with Crippen LogP contribution < -0.4 is 5.32 Å². The Kier molecular flexibility index (Phi) is 5.22. The van der Waals surface area contributed by atoms with Crippen LogP contribution in [0.4, 0.5) is 0 Å². The minimum Gasteiger partial charge on any atom is -0.342 e. The standard InChI is InChI=1S/C12H25N3O/c1-10(2)15(4)12(16)9-13-8-11-6-5-7-14(11)3/h10-11,13H,5-9H2,1-4H3. The second-order valence-electron chi connectivity index (χ2n) is 5.01. The molecule has 1 aliphatic heterocycles. The number of carbonyl (C=O) groups is 1. The number of carbonyl (C=O) groups excluding carboxylic acids is 1. The quantitative estimate of drug-likeness (QED) is 0.744. The number of rotatable bonds is 5. The van der Waals surface area contributed by atoms with E-state index in [-0.39, 0.29) is 11.9 Å². The summed E-state index contributed by atoms with van der Waals surface area (Å²) in [5.74, 6) is 0.177. The number of hydrogen-bond donors (Lipinski definition) is 1. The van der Waals surface area contributed by atoms with Crippen LogP contribution in [0.1, 0.15) is 26.7 Å². The van der Waals surface area contributed by atoms with E-state index in [1.807, 2.05) is 20.9 Å². The van der Waals surface area contributed by atoms with Crippen molar-refractivity contribution in [3.63, 3.8) is 0 Å². The van der Waals surface area contributed by atoms with Gasteiger partial charge in [0.1, 0.15) is 0 Å². The molecule has 4 heteroatoms. The highest BCUT2D eigenvalue weighted by molar-refractivity contribution is 5.78. The summed E-state index contributed by atoms with van der Waals surface area (Å²) in [4.78, 5) is 15.8. The zero-order valence-electron chi connectivity index (χ0n) is 11.0. The van der Waals surface area contributed by atoms with Gasteiger partial charge in [-0.05, 0) is 40.3 Å². The molecule has 0 spiro atoms. The topological polar surface area (TPSA) is 35.6 Å².